The van der Waals surface area contributed by atoms with E-state index in [4.69, 9.17) is 16.3 Å². The largest absolute Gasteiger partial charge is 0.454 e. The third kappa shape index (κ3) is 3.17. The molecule has 3 fully saturated rings. The highest BCUT2D eigenvalue weighted by Gasteiger charge is 2.62. The number of carbonyl (C=O) groups is 4. The van der Waals surface area contributed by atoms with Crippen LogP contribution in [0, 0.1) is 23.7 Å². The van der Waals surface area contributed by atoms with Gasteiger partial charge in [0.2, 0.25) is 11.8 Å². The quantitative estimate of drug-likeness (QED) is 0.600. The number of nitrogens with zero attached hydrogens (tertiary/aromatic N) is 1. The molecular weight excluding hydrogens is 384 g/mol. The van der Waals surface area contributed by atoms with Crippen LogP contribution >= 0.6 is 11.6 Å². The molecule has 2 aliphatic carbocycles. The number of carbonyl (C=O) groups excluding carboxylic acids is 4. The molecule has 148 valence electrons. The van der Waals surface area contributed by atoms with Gasteiger partial charge in [0.15, 0.2) is 6.61 Å². The first-order valence-electron chi connectivity index (χ1n) is 9.45. The van der Waals surface area contributed by atoms with E-state index < -0.39 is 24.5 Å². The van der Waals surface area contributed by atoms with E-state index in [-0.39, 0.29) is 35.5 Å². The summed E-state index contributed by atoms with van der Waals surface area (Å²) in [6.07, 6.45) is 2.88. The highest BCUT2D eigenvalue weighted by Crippen LogP contribution is 2.56. The van der Waals surface area contributed by atoms with Crippen molar-refractivity contribution >= 4 is 41.0 Å². The second kappa shape index (κ2) is 7.20. The van der Waals surface area contributed by atoms with Gasteiger partial charge in [-0.15, -0.1) is 0 Å². The van der Waals surface area contributed by atoms with Gasteiger partial charge in [-0.3, -0.25) is 19.3 Å². The summed E-state index contributed by atoms with van der Waals surface area (Å²) in [5, 5.41) is 3.03. The lowest BCUT2D eigenvalue weighted by Gasteiger charge is -2.23. The van der Waals surface area contributed by atoms with Crippen molar-refractivity contribution in [1.82, 2.24) is 4.90 Å². The van der Waals surface area contributed by atoms with E-state index in [1.807, 2.05) is 0 Å². The molecule has 1 heterocycles. The van der Waals surface area contributed by atoms with E-state index in [2.05, 4.69) is 5.32 Å². The number of anilines is 1. The minimum Gasteiger partial charge on any atom is -0.454 e. The SMILES string of the molecule is C[C@H](C(=O)OCC(=O)Nc1cccc(Cl)c1)N1C(=O)[C@@H]2[C@H]3CC[C@@H](C3)[C@@H]2C1=O. The second-order valence-electron chi connectivity index (χ2n) is 7.77. The smallest absolute Gasteiger partial charge is 0.329 e. The van der Waals surface area contributed by atoms with Gasteiger partial charge in [0.05, 0.1) is 11.8 Å². The maximum atomic E-state index is 12.7. The van der Waals surface area contributed by atoms with Gasteiger partial charge in [-0.05, 0) is 56.2 Å². The normalized spacial score (nSPS) is 29.0. The first kappa shape index (κ1) is 18.9. The average molecular weight is 405 g/mol. The number of likely N-dealkylation sites (tertiary alicyclic amines) is 1. The number of hydrogen-bond acceptors (Lipinski definition) is 5. The highest BCUT2D eigenvalue weighted by molar-refractivity contribution is 6.30. The van der Waals surface area contributed by atoms with Crippen LogP contribution in [0.15, 0.2) is 24.3 Å². The fraction of sp³-hybridized carbons (Fsp3) is 0.500. The van der Waals surface area contributed by atoms with E-state index in [0.717, 1.165) is 24.2 Å². The van der Waals surface area contributed by atoms with Crippen LogP contribution in [0.3, 0.4) is 0 Å². The molecule has 1 aliphatic heterocycles. The zero-order chi connectivity index (χ0) is 20.0. The fourth-order valence-electron chi connectivity index (χ4n) is 4.94. The number of ether oxygens (including phenoxy) is 1. The molecule has 7 nitrogen and oxygen atoms in total. The zero-order valence-corrected chi connectivity index (χ0v) is 16.1. The molecule has 0 radical (unpaired) electrons. The number of imide groups is 1. The highest BCUT2D eigenvalue weighted by atomic mass is 35.5. The number of halogens is 1. The Morgan fingerprint density at radius 2 is 1.86 bits per heavy atom. The summed E-state index contributed by atoms with van der Waals surface area (Å²) in [6.45, 7) is 0.958. The number of esters is 1. The Labute approximate surface area is 167 Å². The molecule has 1 N–H and O–H groups in total. The third-order valence-corrected chi connectivity index (χ3v) is 6.38. The minimum absolute atomic E-state index is 0.253. The van der Waals surface area contributed by atoms with Crippen LogP contribution in [0.1, 0.15) is 26.2 Å². The number of benzene rings is 1. The second-order valence-corrected chi connectivity index (χ2v) is 8.21. The van der Waals surface area contributed by atoms with Crippen LogP contribution in [-0.2, 0) is 23.9 Å². The molecule has 28 heavy (non-hydrogen) atoms. The van der Waals surface area contributed by atoms with Crippen molar-refractivity contribution in [2.75, 3.05) is 11.9 Å². The molecule has 0 spiro atoms. The molecular formula is C20H21ClN2O5. The summed E-state index contributed by atoms with van der Waals surface area (Å²) >= 11 is 5.86. The summed E-state index contributed by atoms with van der Waals surface area (Å²) in [5.41, 5.74) is 0.481. The van der Waals surface area contributed by atoms with Crippen LogP contribution in [0.2, 0.25) is 5.02 Å². The van der Waals surface area contributed by atoms with Crippen LogP contribution in [0.5, 0.6) is 0 Å². The Balaban J connectivity index is 1.34. The molecule has 1 aromatic rings. The van der Waals surface area contributed by atoms with E-state index in [1.165, 1.54) is 6.92 Å². The predicted octanol–water partition coefficient (Wildman–Crippen LogP) is 2.24. The van der Waals surface area contributed by atoms with Gasteiger partial charge in [-0.2, -0.15) is 0 Å². The van der Waals surface area contributed by atoms with E-state index in [1.54, 1.807) is 24.3 Å². The summed E-state index contributed by atoms with van der Waals surface area (Å²) in [4.78, 5) is 50.9. The molecule has 3 aliphatic rings. The maximum absolute atomic E-state index is 12.7. The van der Waals surface area contributed by atoms with Crippen LogP contribution in [0.25, 0.3) is 0 Å². The van der Waals surface area contributed by atoms with E-state index in [9.17, 15) is 19.2 Å². The van der Waals surface area contributed by atoms with Gasteiger partial charge in [0, 0.05) is 10.7 Å². The van der Waals surface area contributed by atoms with E-state index >= 15 is 0 Å². The predicted molar refractivity (Wildman–Crippen MR) is 100 cm³/mol. The lowest BCUT2D eigenvalue weighted by atomic mass is 9.81. The Hall–Kier alpha value is -2.41. The van der Waals surface area contributed by atoms with Crippen LogP contribution in [-0.4, -0.2) is 41.2 Å². The number of amides is 3. The van der Waals surface area contributed by atoms with Crippen molar-refractivity contribution in [3.8, 4) is 0 Å². The molecule has 2 saturated carbocycles. The van der Waals surface area contributed by atoms with Crippen molar-refractivity contribution < 1.29 is 23.9 Å². The zero-order valence-electron chi connectivity index (χ0n) is 15.4. The lowest BCUT2D eigenvalue weighted by molar-refractivity contribution is -0.159. The summed E-state index contributed by atoms with van der Waals surface area (Å²) in [5.74, 6) is -1.90. The summed E-state index contributed by atoms with van der Waals surface area (Å²) < 4.78 is 5.04. The molecule has 1 saturated heterocycles. The molecule has 3 amide bonds. The van der Waals surface area contributed by atoms with Gasteiger partial charge in [-0.25, -0.2) is 4.79 Å². The van der Waals surface area contributed by atoms with Gasteiger partial charge < -0.3 is 10.1 Å². The van der Waals surface area contributed by atoms with Crippen molar-refractivity contribution in [2.24, 2.45) is 23.7 Å². The van der Waals surface area contributed by atoms with Gasteiger partial charge in [-0.1, -0.05) is 17.7 Å². The van der Waals surface area contributed by atoms with Gasteiger partial charge in [0.1, 0.15) is 6.04 Å². The Morgan fingerprint density at radius 1 is 1.21 bits per heavy atom. The third-order valence-electron chi connectivity index (χ3n) is 6.14. The molecule has 2 bridgehead atoms. The molecule has 0 aromatic heterocycles. The number of fused-ring (bicyclic) bond motifs is 5. The number of hydrogen-bond donors (Lipinski definition) is 1. The Morgan fingerprint density at radius 3 is 2.46 bits per heavy atom. The standard InChI is InChI=1S/C20H21ClN2O5/c1-10(20(27)28-9-15(24)22-14-4-2-3-13(21)8-14)23-18(25)16-11-5-6-12(7-11)17(16)19(23)26/h2-4,8,10-12,16-17H,5-7,9H2,1H3,(H,22,24)/t10-,11+,12+,16-,17+/m1/s1. The molecule has 8 heteroatoms. The Kier molecular flexibility index (Phi) is 4.87. The molecule has 0 unspecified atom stereocenters. The fourth-order valence-corrected chi connectivity index (χ4v) is 5.13. The van der Waals surface area contributed by atoms with Gasteiger partial charge >= 0.3 is 5.97 Å². The van der Waals surface area contributed by atoms with Crippen LogP contribution in [0.4, 0.5) is 5.69 Å². The summed E-state index contributed by atoms with van der Waals surface area (Å²) in [6, 6.07) is 5.54. The molecule has 4 rings (SSSR count). The first-order chi connectivity index (χ1) is 13.4. The van der Waals surface area contributed by atoms with Crippen molar-refractivity contribution in [3.05, 3.63) is 29.3 Å². The van der Waals surface area contributed by atoms with Gasteiger partial charge in [0.25, 0.3) is 5.91 Å². The minimum atomic E-state index is -1.04. The lowest BCUT2D eigenvalue weighted by Crippen LogP contribution is -2.45. The van der Waals surface area contributed by atoms with Crippen molar-refractivity contribution in [3.63, 3.8) is 0 Å². The van der Waals surface area contributed by atoms with Crippen LogP contribution < -0.4 is 5.32 Å². The van der Waals surface area contributed by atoms with Crippen molar-refractivity contribution in [2.45, 2.75) is 32.2 Å². The average Bonchev–Trinajstić information content (AvgIpc) is 3.33. The summed E-state index contributed by atoms with van der Waals surface area (Å²) in [7, 11) is 0. The maximum Gasteiger partial charge on any atom is 0.329 e. The number of nitrogens with one attached hydrogen (secondary N) is 1. The van der Waals surface area contributed by atoms with Crippen molar-refractivity contribution in [1.29, 1.82) is 0 Å². The topological polar surface area (TPSA) is 92.8 Å². The first-order valence-corrected chi connectivity index (χ1v) is 9.83. The monoisotopic (exact) mass is 404 g/mol. The number of rotatable bonds is 5. The Bertz CT molecular complexity index is 829. The molecule has 5 atom stereocenters. The molecule has 1 aromatic carbocycles. The van der Waals surface area contributed by atoms with E-state index in [0.29, 0.717) is 10.7 Å².